The Kier molecular flexibility index (Phi) is 5.11. The summed E-state index contributed by atoms with van der Waals surface area (Å²) in [6.45, 7) is -0.151. The van der Waals surface area contributed by atoms with Gasteiger partial charge in [-0.3, -0.25) is 4.79 Å². The third kappa shape index (κ3) is 4.05. The van der Waals surface area contributed by atoms with Crippen molar-refractivity contribution in [2.75, 3.05) is 12.4 Å². The molecule has 0 bridgehead atoms. The van der Waals surface area contributed by atoms with Crippen molar-refractivity contribution in [3.05, 3.63) is 72.1 Å². The number of ether oxygens (including phenoxy) is 1. The standard InChI is InChI=1S/C19H19N3O3/c1-25-18-8-5-16(12-15(18)13-23)21-19(24)11-14-3-6-17(7-4-14)22-10-2-9-20-22/h2-10,12,23H,11,13H2,1H3,(H,21,24). The van der Waals surface area contributed by atoms with E-state index >= 15 is 0 Å². The largest absolute Gasteiger partial charge is 0.496 e. The van der Waals surface area contributed by atoms with Gasteiger partial charge >= 0.3 is 0 Å². The van der Waals surface area contributed by atoms with Crippen LogP contribution in [0.15, 0.2) is 60.9 Å². The van der Waals surface area contributed by atoms with Crippen molar-refractivity contribution in [3.63, 3.8) is 0 Å². The Hall–Kier alpha value is -3.12. The van der Waals surface area contributed by atoms with Crippen molar-refractivity contribution in [1.29, 1.82) is 0 Å². The van der Waals surface area contributed by atoms with E-state index in [-0.39, 0.29) is 18.9 Å². The molecule has 6 nitrogen and oxygen atoms in total. The quantitative estimate of drug-likeness (QED) is 0.725. The predicted molar refractivity (Wildman–Crippen MR) is 94.8 cm³/mol. The molecule has 2 N–H and O–H groups in total. The Bertz CT molecular complexity index is 843. The molecule has 25 heavy (non-hydrogen) atoms. The smallest absolute Gasteiger partial charge is 0.228 e. The van der Waals surface area contributed by atoms with Crippen molar-refractivity contribution < 1.29 is 14.6 Å². The second kappa shape index (κ2) is 7.63. The molecule has 0 saturated heterocycles. The third-order valence-electron chi connectivity index (χ3n) is 3.80. The van der Waals surface area contributed by atoms with Gasteiger partial charge in [-0.15, -0.1) is 0 Å². The van der Waals surface area contributed by atoms with Gasteiger partial charge in [0, 0.05) is 23.6 Å². The summed E-state index contributed by atoms with van der Waals surface area (Å²) >= 11 is 0. The Morgan fingerprint density at radius 1 is 1.24 bits per heavy atom. The number of carbonyl (C=O) groups excluding carboxylic acids is 1. The Balaban J connectivity index is 1.64. The van der Waals surface area contributed by atoms with Gasteiger partial charge in [-0.05, 0) is 42.0 Å². The zero-order valence-electron chi connectivity index (χ0n) is 13.8. The van der Waals surface area contributed by atoms with Crippen LogP contribution in [0.3, 0.4) is 0 Å². The average Bonchev–Trinajstić information content (AvgIpc) is 3.17. The molecular formula is C19H19N3O3. The van der Waals surface area contributed by atoms with Crippen LogP contribution in [0.4, 0.5) is 5.69 Å². The van der Waals surface area contributed by atoms with Gasteiger partial charge < -0.3 is 15.2 Å². The highest BCUT2D eigenvalue weighted by Gasteiger charge is 2.08. The molecule has 0 aliphatic heterocycles. The molecule has 0 saturated carbocycles. The molecule has 1 aromatic heterocycles. The number of methoxy groups -OCH3 is 1. The summed E-state index contributed by atoms with van der Waals surface area (Å²) in [7, 11) is 1.54. The van der Waals surface area contributed by atoms with Crippen LogP contribution >= 0.6 is 0 Å². The molecule has 0 atom stereocenters. The molecular weight excluding hydrogens is 318 g/mol. The number of benzene rings is 2. The number of hydrogen-bond acceptors (Lipinski definition) is 4. The zero-order chi connectivity index (χ0) is 17.6. The lowest BCUT2D eigenvalue weighted by atomic mass is 10.1. The molecule has 0 unspecified atom stereocenters. The molecule has 6 heteroatoms. The summed E-state index contributed by atoms with van der Waals surface area (Å²) in [4.78, 5) is 12.2. The molecule has 1 heterocycles. The maximum absolute atomic E-state index is 12.2. The van der Waals surface area contributed by atoms with Gasteiger partial charge in [0.2, 0.25) is 5.91 Å². The van der Waals surface area contributed by atoms with E-state index in [1.807, 2.05) is 36.5 Å². The van der Waals surface area contributed by atoms with E-state index in [9.17, 15) is 9.90 Å². The van der Waals surface area contributed by atoms with Crippen LogP contribution in [0.1, 0.15) is 11.1 Å². The summed E-state index contributed by atoms with van der Waals surface area (Å²) < 4.78 is 6.92. The van der Waals surface area contributed by atoms with Crippen molar-refractivity contribution in [1.82, 2.24) is 9.78 Å². The van der Waals surface area contributed by atoms with Crippen LogP contribution < -0.4 is 10.1 Å². The first-order valence-corrected chi connectivity index (χ1v) is 7.86. The van der Waals surface area contributed by atoms with Gasteiger partial charge in [0.05, 0.1) is 25.8 Å². The highest BCUT2D eigenvalue weighted by atomic mass is 16.5. The lowest BCUT2D eigenvalue weighted by molar-refractivity contribution is -0.115. The fourth-order valence-electron chi connectivity index (χ4n) is 2.56. The van der Waals surface area contributed by atoms with E-state index in [2.05, 4.69) is 10.4 Å². The molecule has 2 aromatic carbocycles. The third-order valence-corrected chi connectivity index (χ3v) is 3.80. The molecule has 0 spiro atoms. The number of anilines is 1. The number of aliphatic hydroxyl groups excluding tert-OH is 1. The maximum atomic E-state index is 12.2. The van der Waals surface area contributed by atoms with Crippen molar-refractivity contribution in [2.45, 2.75) is 13.0 Å². The number of amides is 1. The number of nitrogens with zero attached hydrogens (tertiary/aromatic N) is 2. The first kappa shape index (κ1) is 16.7. The summed E-state index contributed by atoms with van der Waals surface area (Å²) in [6, 6.07) is 14.7. The highest BCUT2D eigenvalue weighted by molar-refractivity contribution is 5.92. The van der Waals surface area contributed by atoms with Crippen LogP contribution in [0.25, 0.3) is 5.69 Å². The molecule has 0 fully saturated rings. The summed E-state index contributed by atoms with van der Waals surface area (Å²) in [5.41, 5.74) is 3.10. The molecule has 1 amide bonds. The molecule has 3 rings (SSSR count). The molecule has 128 valence electrons. The van der Waals surface area contributed by atoms with Gasteiger partial charge in [-0.1, -0.05) is 12.1 Å². The second-order valence-electron chi connectivity index (χ2n) is 5.53. The minimum atomic E-state index is -0.151. The van der Waals surface area contributed by atoms with Crippen molar-refractivity contribution in [3.8, 4) is 11.4 Å². The summed E-state index contributed by atoms with van der Waals surface area (Å²) in [5.74, 6) is 0.468. The van der Waals surface area contributed by atoms with E-state index in [1.165, 1.54) is 0 Å². The normalized spacial score (nSPS) is 10.5. The van der Waals surface area contributed by atoms with Gasteiger partial charge in [0.15, 0.2) is 0 Å². The molecule has 0 radical (unpaired) electrons. The molecule has 0 aliphatic carbocycles. The van der Waals surface area contributed by atoms with Gasteiger partial charge in [0.25, 0.3) is 0 Å². The molecule has 3 aromatic rings. The first-order valence-electron chi connectivity index (χ1n) is 7.86. The lowest BCUT2D eigenvalue weighted by Gasteiger charge is -2.10. The number of hydrogen-bond donors (Lipinski definition) is 2. The minimum absolute atomic E-state index is 0.124. The average molecular weight is 337 g/mol. The van der Waals surface area contributed by atoms with Gasteiger partial charge in [-0.25, -0.2) is 4.68 Å². The van der Waals surface area contributed by atoms with E-state index in [4.69, 9.17) is 4.74 Å². The van der Waals surface area contributed by atoms with Crippen LogP contribution in [0.5, 0.6) is 5.75 Å². The highest BCUT2D eigenvalue weighted by Crippen LogP contribution is 2.22. The van der Waals surface area contributed by atoms with Crippen LogP contribution in [0, 0.1) is 0 Å². The maximum Gasteiger partial charge on any atom is 0.228 e. The van der Waals surface area contributed by atoms with Crippen molar-refractivity contribution >= 4 is 11.6 Å². The van der Waals surface area contributed by atoms with E-state index in [0.717, 1.165) is 11.3 Å². The van der Waals surface area contributed by atoms with Crippen LogP contribution in [0.2, 0.25) is 0 Å². The number of aliphatic hydroxyl groups is 1. The summed E-state index contributed by atoms with van der Waals surface area (Å²) in [5, 5.41) is 16.4. The fourth-order valence-corrected chi connectivity index (χ4v) is 2.56. The van der Waals surface area contributed by atoms with E-state index in [0.29, 0.717) is 17.0 Å². The van der Waals surface area contributed by atoms with Crippen molar-refractivity contribution in [2.24, 2.45) is 0 Å². The lowest BCUT2D eigenvalue weighted by Crippen LogP contribution is -2.14. The predicted octanol–water partition coefficient (Wildman–Crippen LogP) is 2.55. The van der Waals surface area contributed by atoms with E-state index < -0.39 is 0 Å². The second-order valence-corrected chi connectivity index (χ2v) is 5.53. The van der Waals surface area contributed by atoms with Gasteiger partial charge in [-0.2, -0.15) is 5.10 Å². The first-order chi connectivity index (χ1) is 12.2. The Morgan fingerprint density at radius 3 is 2.68 bits per heavy atom. The SMILES string of the molecule is COc1ccc(NC(=O)Cc2ccc(-n3cccn3)cc2)cc1CO. The number of carbonyl (C=O) groups is 1. The Morgan fingerprint density at radius 2 is 2.04 bits per heavy atom. The fraction of sp³-hybridized carbons (Fsp3) is 0.158. The number of nitrogens with one attached hydrogen (secondary N) is 1. The summed E-state index contributed by atoms with van der Waals surface area (Å²) in [6.07, 6.45) is 3.85. The minimum Gasteiger partial charge on any atom is -0.496 e. The topological polar surface area (TPSA) is 76.4 Å². The van der Waals surface area contributed by atoms with Gasteiger partial charge in [0.1, 0.15) is 5.75 Å². The van der Waals surface area contributed by atoms with E-state index in [1.54, 1.807) is 36.2 Å². The van der Waals surface area contributed by atoms with Crippen LogP contribution in [-0.4, -0.2) is 27.9 Å². The number of rotatable bonds is 6. The Labute approximate surface area is 145 Å². The van der Waals surface area contributed by atoms with Crippen LogP contribution in [-0.2, 0) is 17.8 Å². The molecule has 0 aliphatic rings. The zero-order valence-corrected chi connectivity index (χ0v) is 13.8. The monoisotopic (exact) mass is 337 g/mol. The number of aromatic nitrogens is 2.